The van der Waals surface area contributed by atoms with E-state index in [9.17, 15) is 14.0 Å². The second-order valence-electron chi connectivity index (χ2n) is 3.84. The average molecular weight is 263 g/mol. The van der Waals surface area contributed by atoms with E-state index in [-0.39, 0.29) is 16.9 Å². The molecule has 6 nitrogen and oxygen atoms in total. The van der Waals surface area contributed by atoms with Gasteiger partial charge in [-0.25, -0.2) is 9.18 Å². The minimum atomic E-state index is -1.19. The number of amides is 1. The minimum absolute atomic E-state index is 0.0701. The molecule has 1 aromatic heterocycles. The van der Waals surface area contributed by atoms with Gasteiger partial charge in [0.05, 0.1) is 0 Å². The van der Waals surface area contributed by atoms with Crippen molar-refractivity contribution in [3.05, 3.63) is 46.9 Å². The van der Waals surface area contributed by atoms with Crippen LogP contribution in [0.1, 0.15) is 26.4 Å². The molecule has 7 heteroatoms. The smallest absolute Gasteiger partial charge is 0.341 e. The number of benzene rings is 1. The molecular weight excluding hydrogens is 253 g/mol. The summed E-state index contributed by atoms with van der Waals surface area (Å²) >= 11 is 0. The molecule has 1 heterocycles. The van der Waals surface area contributed by atoms with E-state index in [0.717, 1.165) is 12.1 Å². The fraction of sp³-hybridized carbons (Fsp3) is 0.0833. The van der Waals surface area contributed by atoms with Crippen molar-refractivity contribution < 1.29 is 19.1 Å². The van der Waals surface area contributed by atoms with E-state index in [0.29, 0.717) is 5.69 Å². The standard InChI is InChI=1S/C12H10FN3O3/c1-6-9(12(18)19)10(16-15-6)14-11(17)7-2-4-8(13)5-3-7/h2-5H,1H3,(H,18,19)(H2,14,15,16,17). The molecule has 0 unspecified atom stereocenters. The van der Waals surface area contributed by atoms with E-state index < -0.39 is 17.7 Å². The number of rotatable bonds is 3. The van der Waals surface area contributed by atoms with Crippen LogP contribution in [-0.2, 0) is 0 Å². The number of carboxylic acid groups (broad SMARTS) is 1. The maximum absolute atomic E-state index is 12.7. The highest BCUT2D eigenvalue weighted by atomic mass is 19.1. The molecule has 0 radical (unpaired) electrons. The van der Waals surface area contributed by atoms with Crippen molar-refractivity contribution in [2.45, 2.75) is 6.92 Å². The number of H-pyrrole nitrogens is 1. The molecule has 98 valence electrons. The summed E-state index contributed by atoms with van der Waals surface area (Å²) in [6.45, 7) is 1.53. The number of carbonyl (C=O) groups excluding carboxylic acids is 1. The van der Waals surface area contributed by atoms with Gasteiger partial charge >= 0.3 is 5.97 Å². The average Bonchev–Trinajstić information content (AvgIpc) is 2.71. The summed E-state index contributed by atoms with van der Waals surface area (Å²) in [6, 6.07) is 4.88. The van der Waals surface area contributed by atoms with E-state index in [1.165, 1.54) is 19.1 Å². The van der Waals surface area contributed by atoms with Crippen LogP contribution in [0.3, 0.4) is 0 Å². The monoisotopic (exact) mass is 263 g/mol. The number of aromatic nitrogens is 2. The number of aromatic amines is 1. The fourth-order valence-corrected chi connectivity index (χ4v) is 1.56. The normalized spacial score (nSPS) is 10.2. The molecule has 1 amide bonds. The molecule has 0 spiro atoms. The molecule has 0 aliphatic heterocycles. The van der Waals surface area contributed by atoms with Crippen LogP contribution in [0, 0.1) is 12.7 Å². The molecular formula is C12H10FN3O3. The first-order valence-electron chi connectivity index (χ1n) is 5.34. The molecule has 0 aliphatic carbocycles. The Morgan fingerprint density at radius 3 is 2.53 bits per heavy atom. The van der Waals surface area contributed by atoms with Crippen LogP contribution in [0.5, 0.6) is 0 Å². The van der Waals surface area contributed by atoms with Gasteiger partial charge in [0, 0.05) is 11.3 Å². The first-order chi connectivity index (χ1) is 8.99. The molecule has 0 fully saturated rings. The van der Waals surface area contributed by atoms with Crippen LogP contribution in [0.25, 0.3) is 0 Å². The maximum Gasteiger partial charge on any atom is 0.341 e. The first-order valence-corrected chi connectivity index (χ1v) is 5.34. The van der Waals surface area contributed by atoms with Gasteiger partial charge in [-0.3, -0.25) is 9.89 Å². The minimum Gasteiger partial charge on any atom is -0.477 e. The van der Waals surface area contributed by atoms with E-state index in [4.69, 9.17) is 5.11 Å². The first kappa shape index (κ1) is 12.7. The summed E-state index contributed by atoms with van der Waals surface area (Å²) in [4.78, 5) is 22.8. The Balaban J connectivity index is 2.24. The molecule has 3 N–H and O–H groups in total. The lowest BCUT2D eigenvalue weighted by molar-refractivity contribution is 0.0697. The number of halogens is 1. The molecule has 0 bridgehead atoms. The van der Waals surface area contributed by atoms with Gasteiger partial charge < -0.3 is 10.4 Å². The summed E-state index contributed by atoms with van der Waals surface area (Å²) in [5.74, 6) is -2.28. The van der Waals surface area contributed by atoms with Crippen molar-refractivity contribution in [1.29, 1.82) is 0 Å². The number of nitrogens with one attached hydrogen (secondary N) is 2. The van der Waals surface area contributed by atoms with Crippen LogP contribution in [-0.4, -0.2) is 27.2 Å². The zero-order valence-electron chi connectivity index (χ0n) is 9.90. The highest BCUT2D eigenvalue weighted by molar-refractivity contribution is 6.07. The van der Waals surface area contributed by atoms with Crippen LogP contribution in [0.4, 0.5) is 10.2 Å². The van der Waals surface area contributed by atoms with Crippen molar-refractivity contribution in [3.8, 4) is 0 Å². The van der Waals surface area contributed by atoms with E-state index in [1.54, 1.807) is 0 Å². The lowest BCUT2D eigenvalue weighted by atomic mass is 10.2. The SMILES string of the molecule is Cc1[nH]nc(NC(=O)c2ccc(F)cc2)c1C(=O)O. The van der Waals surface area contributed by atoms with Crippen LogP contribution in [0.2, 0.25) is 0 Å². The molecule has 0 aliphatic rings. The predicted octanol–water partition coefficient (Wildman–Crippen LogP) is 1.81. The van der Waals surface area contributed by atoms with E-state index >= 15 is 0 Å². The van der Waals surface area contributed by atoms with Gasteiger partial charge in [-0.2, -0.15) is 5.10 Å². The van der Waals surface area contributed by atoms with Gasteiger partial charge in [0.2, 0.25) is 0 Å². The summed E-state index contributed by atoms with van der Waals surface area (Å²) < 4.78 is 12.7. The van der Waals surface area contributed by atoms with Crippen molar-refractivity contribution in [1.82, 2.24) is 10.2 Å². The molecule has 2 rings (SSSR count). The lowest BCUT2D eigenvalue weighted by Gasteiger charge is -2.03. The van der Waals surface area contributed by atoms with Crippen molar-refractivity contribution in [3.63, 3.8) is 0 Å². The Morgan fingerprint density at radius 1 is 1.32 bits per heavy atom. The van der Waals surface area contributed by atoms with E-state index in [1.807, 2.05) is 0 Å². The van der Waals surface area contributed by atoms with Crippen molar-refractivity contribution >= 4 is 17.7 Å². The summed E-state index contributed by atoms with van der Waals surface area (Å²) in [5, 5.41) is 17.5. The van der Waals surface area contributed by atoms with E-state index in [2.05, 4.69) is 15.5 Å². The van der Waals surface area contributed by atoms with Crippen LogP contribution in [0.15, 0.2) is 24.3 Å². The van der Waals surface area contributed by atoms with Gasteiger partial charge in [-0.05, 0) is 31.2 Å². The third-order valence-electron chi connectivity index (χ3n) is 2.50. The van der Waals surface area contributed by atoms with Crippen molar-refractivity contribution in [2.24, 2.45) is 0 Å². The number of nitrogens with zero attached hydrogens (tertiary/aromatic N) is 1. The molecule has 2 aromatic rings. The molecule has 0 saturated carbocycles. The third kappa shape index (κ3) is 2.59. The number of anilines is 1. The highest BCUT2D eigenvalue weighted by Gasteiger charge is 2.19. The number of hydrogen-bond donors (Lipinski definition) is 3. The third-order valence-corrected chi connectivity index (χ3v) is 2.50. The fourth-order valence-electron chi connectivity index (χ4n) is 1.56. The highest BCUT2D eigenvalue weighted by Crippen LogP contribution is 2.16. The van der Waals surface area contributed by atoms with Gasteiger partial charge in [0.15, 0.2) is 5.82 Å². The Labute approximate surface area is 107 Å². The number of carboxylic acids is 1. The largest absolute Gasteiger partial charge is 0.477 e. The Bertz CT molecular complexity index is 634. The van der Waals surface area contributed by atoms with Crippen LogP contribution < -0.4 is 5.32 Å². The zero-order valence-corrected chi connectivity index (χ0v) is 9.90. The topological polar surface area (TPSA) is 95.1 Å². The van der Waals surface area contributed by atoms with Gasteiger partial charge in [-0.1, -0.05) is 0 Å². The lowest BCUT2D eigenvalue weighted by Crippen LogP contribution is -2.14. The number of aryl methyl sites for hydroxylation is 1. The van der Waals surface area contributed by atoms with Crippen LogP contribution >= 0.6 is 0 Å². The Kier molecular flexibility index (Phi) is 3.28. The Morgan fingerprint density at radius 2 is 1.95 bits per heavy atom. The predicted molar refractivity (Wildman–Crippen MR) is 64.6 cm³/mol. The van der Waals surface area contributed by atoms with Crippen molar-refractivity contribution in [2.75, 3.05) is 5.32 Å². The van der Waals surface area contributed by atoms with Gasteiger partial charge in [-0.15, -0.1) is 0 Å². The Hall–Kier alpha value is -2.70. The molecule has 0 atom stereocenters. The van der Waals surface area contributed by atoms with Gasteiger partial charge in [0.25, 0.3) is 5.91 Å². The second-order valence-corrected chi connectivity index (χ2v) is 3.84. The quantitative estimate of drug-likeness (QED) is 0.787. The summed E-state index contributed by atoms with van der Waals surface area (Å²) in [5.41, 5.74) is 0.441. The molecule has 1 aromatic carbocycles. The number of aromatic carboxylic acids is 1. The number of carbonyl (C=O) groups is 2. The summed E-state index contributed by atoms with van der Waals surface area (Å²) in [7, 11) is 0. The zero-order chi connectivity index (χ0) is 14.0. The number of hydrogen-bond acceptors (Lipinski definition) is 3. The van der Waals surface area contributed by atoms with Gasteiger partial charge in [0.1, 0.15) is 11.4 Å². The second kappa shape index (κ2) is 4.89. The maximum atomic E-state index is 12.7. The summed E-state index contributed by atoms with van der Waals surface area (Å²) in [6.07, 6.45) is 0. The molecule has 0 saturated heterocycles. The molecule has 19 heavy (non-hydrogen) atoms.